The molecule has 1 aromatic rings. The van der Waals surface area contributed by atoms with Crippen LogP contribution in [0.25, 0.3) is 0 Å². The number of rotatable bonds is 5. The summed E-state index contributed by atoms with van der Waals surface area (Å²) >= 11 is 0. The first-order chi connectivity index (χ1) is 19.5. The number of Topliss-reactive ketones (excluding diaryl/α,β-unsaturated/α-hetero) is 1. The number of fused-ring (bicyclic) bond motifs is 2. The quantitative estimate of drug-likeness (QED) is 0.283. The third-order valence-corrected chi connectivity index (χ3v) is 10.5. The summed E-state index contributed by atoms with van der Waals surface area (Å²) in [6.45, 7) is 13.9. The average molecular weight is 587 g/mol. The van der Waals surface area contributed by atoms with Crippen molar-refractivity contribution in [2.24, 2.45) is 28.1 Å². The number of cyclic esters (lactones) is 1. The Bertz CT molecular complexity index is 1340. The highest BCUT2D eigenvalue weighted by molar-refractivity contribution is 5.93. The third-order valence-electron chi connectivity index (χ3n) is 10.5. The second kappa shape index (κ2) is 9.79. The second-order valence-corrected chi connectivity index (χ2v) is 13.1. The minimum atomic E-state index is -1.45. The zero-order valence-corrected chi connectivity index (χ0v) is 25.0. The Morgan fingerprint density at radius 3 is 2.31 bits per heavy atom. The van der Waals surface area contributed by atoms with Crippen molar-refractivity contribution in [1.29, 1.82) is 0 Å². The predicted octanol–water partition coefficient (Wildman–Crippen LogP) is 3.65. The van der Waals surface area contributed by atoms with Gasteiger partial charge >= 0.3 is 23.9 Å². The predicted molar refractivity (Wildman–Crippen MR) is 143 cm³/mol. The Morgan fingerprint density at radius 1 is 1.07 bits per heavy atom. The summed E-state index contributed by atoms with van der Waals surface area (Å²) in [6, 6.07) is 1.70. The second-order valence-electron chi connectivity index (χ2n) is 13.1. The molecular weight excluding hydrogens is 548 g/mol. The van der Waals surface area contributed by atoms with Crippen LogP contribution >= 0.6 is 0 Å². The van der Waals surface area contributed by atoms with Crippen LogP contribution in [0.2, 0.25) is 0 Å². The number of furan rings is 1. The van der Waals surface area contributed by atoms with Crippen LogP contribution in [0.15, 0.2) is 35.2 Å². The van der Waals surface area contributed by atoms with Crippen LogP contribution in [0.5, 0.6) is 0 Å². The van der Waals surface area contributed by atoms with E-state index in [2.05, 4.69) is 6.58 Å². The molecule has 11 heteroatoms. The molecule has 4 fully saturated rings. The van der Waals surface area contributed by atoms with Gasteiger partial charge in [-0.2, -0.15) is 0 Å². The first kappa shape index (κ1) is 30.0. The molecule has 2 saturated heterocycles. The monoisotopic (exact) mass is 586 g/mol. The van der Waals surface area contributed by atoms with Crippen molar-refractivity contribution in [3.8, 4) is 0 Å². The number of esters is 4. The normalized spacial score (nSPS) is 40.2. The summed E-state index contributed by atoms with van der Waals surface area (Å²) in [5.41, 5.74) is -3.86. The molecule has 4 aliphatic rings. The average Bonchev–Trinajstić information content (AvgIpc) is 3.50. The molecule has 3 heterocycles. The van der Waals surface area contributed by atoms with E-state index in [1.165, 1.54) is 33.5 Å². The Morgan fingerprint density at radius 2 is 1.74 bits per heavy atom. The Balaban J connectivity index is 1.76. The van der Waals surface area contributed by atoms with E-state index in [4.69, 9.17) is 28.1 Å². The topological polar surface area (TPSA) is 145 Å². The van der Waals surface area contributed by atoms with E-state index >= 15 is 0 Å². The first-order valence-electron chi connectivity index (χ1n) is 14.1. The molecule has 11 nitrogen and oxygen atoms in total. The van der Waals surface area contributed by atoms with Gasteiger partial charge < -0.3 is 28.1 Å². The van der Waals surface area contributed by atoms with Crippen LogP contribution in [0.4, 0.5) is 0 Å². The van der Waals surface area contributed by atoms with Gasteiger partial charge in [0.1, 0.15) is 29.7 Å². The number of carbonyl (C=O) groups excluding carboxylic acids is 5. The van der Waals surface area contributed by atoms with Crippen molar-refractivity contribution in [3.05, 3.63) is 36.3 Å². The highest BCUT2D eigenvalue weighted by Crippen LogP contribution is 2.70. The van der Waals surface area contributed by atoms with Crippen molar-refractivity contribution in [2.75, 3.05) is 7.11 Å². The van der Waals surface area contributed by atoms with Crippen LogP contribution in [0, 0.1) is 28.1 Å². The van der Waals surface area contributed by atoms with E-state index in [1.807, 2.05) is 6.92 Å². The van der Waals surface area contributed by atoms with Gasteiger partial charge in [-0.1, -0.05) is 27.4 Å². The highest BCUT2D eigenvalue weighted by atomic mass is 16.6. The summed E-state index contributed by atoms with van der Waals surface area (Å²) in [7, 11) is 1.26. The Kier molecular flexibility index (Phi) is 6.99. The van der Waals surface area contributed by atoms with E-state index in [9.17, 15) is 24.0 Å². The first-order valence-corrected chi connectivity index (χ1v) is 14.1. The standard InChI is InChI=1S/C31H38O11/c1-15-19-12-29(6)25(18-9-10-38-14-18)41-22(35)13-31(15,29)42-27-23(39-16(2)32)26(40-17(3)33)28(4,5)20(11-21(34)37-8)30(27,7)24(19)36/h9-10,14,19-20,23,25-27H,1,11-13H2,2-8H3/t19-,20-,23-,25-,26+,27-,29-,30-,31-/m0/s1. The van der Waals surface area contributed by atoms with Gasteiger partial charge in [-0.05, 0) is 30.9 Å². The van der Waals surface area contributed by atoms with Crippen molar-refractivity contribution in [2.45, 2.75) is 90.8 Å². The molecule has 2 aliphatic carbocycles. The van der Waals surface area contributed by atoms with Gasteiger partial charge in [0, 0.05) is 36.2 Å². The van der Waals surface area contributed by atoms with Gasteiger partial charge in [0.15, 0.2) is 6.10 Å². The maximum atomic E-state index is 15.0. The number of carbonyl (C=O) groups is 5. The number of ether oxygens (including phenoxy) is 5. The van der Waals surface area contributed by atoms with E-state index in [0.717, 1.165) is 0 Å². The maximum absolute atomic E-state index is 15.0. The molecule has 0 N–H and O–H groups in total. The van der Waals surface area contributed by atoms with E-state index in [-0.39, 0.29) is 25.0 Å². The molecule has 0 radical (unpaired) electrons. The maximum Gasteiger partial charge on any atom is 0.309 e. The van der Waals surface area contributed by atoms with Crippen LogP contribution in [0.1, 0.15) is 72.5 Å². The zero-order valence-electron chi connectivity index (χ0n) is 25.0. The van der Waals surface area contributed by atoms with Crippen LogP contribution < -0.4 is 0 Å². The molecule has 1 spiro atoms. The van der Waals surface area contributed by atoms with Crippen molar-refractivity contribution in [3.63, 3.8) is 0 Å². The number of hydrogen-bond donors (Lipinski definition) is 0. The molecule has 2 bridgehead atoms. The Hall–Kier alpha value is -3.47. The molecule has 0 unspecified atom stereocenters. The lowest BCUT2D eigenvalue weighted by molar-refractivity contribution is -0.289. The fourth-order valence-corrected chi connectivity index (χ4v) is 8.49. The largest absolute Gasteiger partial charge is 0.472 e. The van der Waals surface area contributed by atoms with Gasteiger partial charge in [-0.3, -0.25) is 24.0 Å². The van der Waals surface area contributed by atoms with Crippen molar-refractivity contribution in [1.82, 2.24) is 0 Å². The van der Waals surface area contributed by atoms with Gasteiger partial charge in [0.2, 0.25) is 0 Å². The van der Waals surface area contributed by atoms with E-state index < -0.39 is 82.0 Å². The van der Waals surface area contributed by atoms with Gasteiger partial charge in [-0.25, -0.2) is 0 Å². The molecule has 1 aromatic heterocycles. The van der Waals surface area contributed by atoms with Crippen LogP contribution in [0.3, 0.4) is 0 Å². The molecule has 5 rings (SSSR count). The summed E-state index contributed by atoms with van der Waals surface area (Å²) in [5.74, 6) is -4.24. The fraction of sp³-hybridized carbons (Fsp3) is 0.645. The van der Waals surface area contributed by atoms with Crippen LogP contribution in [-0.2, 0) is 47.7 Å². The molecule has 9 atom stereocenters. The minimum absolute atomic E-state index is 0.195. The molecule has 228 valence electrons. The molecular formula is C31H38O11. The lowest BCUT2D eigenvalue weighted by Gasteiger charge is -2.61. The summed E-state index contributed by atoms with van der Waals surface area (Å²) in [6.07, 6.45) is -1.61. The van der Waals surface area contributed by atoms with Crippen molar-refractivity contribution < 1.29 is 52.1 Å². The van der Waals surface area contributed by atoms with Gasteiger partial charge in [-0.15, -0.1) is 0 Å². The highest BCUT2D eigenvalue weighted by Gasteiger charge is 2.77. The fourth-order valence-electron chi connectivity index (χ4n) is 8.49. The summed E-state index contributed by atoms with van der Waals surface area (Å²) in [5, 5.41) is 0. The number of ketones is 1. The van der Waals surface area contributed by atoms with Crippen LogP contribution in [-0.4, -0.2) is 60.7 Å². The van der Waals surface area contributed by atoms with Crippen molar-refractivity contribution >= 4 is 29.7 Å². The smallest absolute Gasteiger partial charge is 0.309 e. The molecule has 2 aliphatic heterocycles. The SMILES string of the molecule is C=C1[C@@H]2C[C@@]3(C)[C@H](c4ccoc4)OC(=O)C[C@]13O[C@H]1[C@@H](OC(C)=O)[C@@H](OC(C)=O)C(C)(C)[C@H](CC(=O)OC)[C@@]1(C)C2=O. The molecule has 2 saturated carbocycles. The summed E-state index contributed by atoms with van der Waals surface area (Å²) < 4.78 is 35.0. The molecule has 0 amide bonds. The third kappa shape index (κ3) is 3.99. The molecule has 0 aromatic carbocycles. The minimum Gasteiger partial charge on any atom is -0.472 e. The van der Waals surface area contributed by atoms with E-state index in [1.54, 1.807) is 26.8 Å². The number of hydrogen-bond acceptors (Lipinski definition) is 11. The lowest BCUT2D eigenvalue weighted by atomic mass is 9.49. The zero-order chi connectivity index (χ0) is 31.0. The van der Waals surface area contributed by atoms with E-state index in [0.29, 0.717) is 11.1 Å². The lowest BCUT2D eigenvalue weighted by Crippen LogP contribution is -2.71. The van der Waals surface area contributed by atoms with Gasteiger partial charge in [0.25, 0.3) is 0 Å². The molecule has 42 heavy (non-hydrogen) atoms. The van der Waals surface area contributed by atoms with Gasteiger partial charge in [0.05, 0.1) is 37.9 Å². The number of methoxy groups -OCH3 is 1. The Labute approximate surface area is 244 Å². The summed E-state index contributed by atoms with van der Waals surface area (Å²) in [4.78, 5) is 66.0.